The minimum Gasteiger partial charge on any atom is -0.462 e. The summed E-state index contributed by atoms with van der Waals surface area (Å²) in [5, 5.41) is 0. The SMILES string of the molecule is C=CC(=O)OCCCOC(C)CCl. The maximum atomic E-state index is 10.6. The average molecular weight is 207 g/mol. The Morgan fingerprint density at radius 1 is 1.62 bits per heavy atom. The second-order valence-corrected chi connectivity index (χ2v) is 2.87. The van der Waals surface area contributed by atoms with Gasteiger partial charge in [-0.15, -0.1) is 11.6 Å². The van der Waals surface area contributed by atoms with Gasteiger partial charge in [0.25, 0.3) is 0 Å². The van der Waals surface area contributed by atoms with Gasteiger partial charge < -0.3 is 9.47 Å². The molecule has 0 fully saturated rings. The molecule has 0 heterocycles. The van der Waals surface area contributed by atoms with Crippen LogP contribution in [0, 0.1) is 0 Å². The van der Waals surface area contributed by atoms with E-state index in [-0.39, 0.29) is 6.10 Å². The number of carbonyl (C=O) groups excluding carboxylic acids is 1. The molecule has 76 valence electrons. The first-order valence-electron chi connectivity index (χ1n) is 4.17. The van der Waals surface area contributed by atoms with Gasteiger partial charge in [0.05, 0.1) is 19.3 Å². The van der Waals surface area contributed by atoms with Crippen LogP contribution in [0.2, 0.25) is 0 Å². The number of halogens is 1. The lowest BCUT2D eigenvalue weighted by Gasteiger charge is -2.08. The molecule has 0 aliphatic carbocycles. The molecule has 0 aliphatic rings. The van der Waals surface area contributed by atoms with E-state index >= 15 is 0 Å². The topological polar surface area (TPSA) is 35.5 Å². The second-order valence-electron chi connectivity index (χ2n) is 2.56. The summed E-state index contributed by atoms with van der Waals surface area (Å²) in [6, 6.07) is 0. The Morgan fingerprint density at radius 2 is 2.31 bits per heavy atom. The number of hydrogen-bond donors (Lipinski definition) is 0. The van der Waals surface area contributed by atoms with Crippen molar-refractivity contribution in [2.75, 3.05) is 19.1 Å². The van der Waals surface area contributed by atoms with E-state index in [1.807, 2.05) is 6.92 Å². The van der Waals surface area contributed by atoms with Crippen molar-refractivity contribution < 1.29 is 14.3 Å². The Morgan fingerprint density at radius 3 is 2.85 bits per heavy atom. The molecular weight excluding hydrogens is 192 g/mol. The number of carbonyl (C=O) groups is 1. The van der Waals surface area contributed by atoms with Crippen LogP contribution in [0.5, 0.6) is 0 Å². The highest BCUT2D eigenvalue weighted by molar-refractivity contribution is 6.18. The molecule has 13 heavy (non-hydrogen) atoms. The van der Waals surface area contributed by atoms with Gasteiger partial charge in [-0.25, -0.2) is 4.79 Å². The molecule has 0 amide bonds. The van der Waals surface area contributed by atoms with Gasteiger partial charge in [0.15, 0.2) is 0 Å². The lowest BCUT2D eigenvalue weighted by molar-refractivity contribution is -0.138. The first-order chi connectivity index (χ1) is 6.20. The maximum Gasteiger partial charge on any atom is 0.330 e. The summed E-state index contributed by atoms with van der Waals surface area (Å²) in [6.45, 7) is 6.08. The predicted octanol–water partition coefficient (Wildman–Crippen LogP) is 1.75. The van der Waals surface area contributed by atoms with E-state index in [0.29, 0.717) is 25.5 Å². The summed E-state index contributed by atoms with van der Waals surface area (Å²) < 4.78 is 9.99. The van der Waals surface area contributed by atoms with E-state index in [2.05, 4.69) is 6.58 Å². The monoisotopic (exact) mass is 206 g/mol. The van der Waals surface area contributed by atoms with Crippen LogP contribution in [-0.2, 0) is 14.3 Å². The van der Waals surface area contributed by atoms with Crippen LogP contribution in [0.15, 0.2) is 12.7 Å². The number of rotatable bonds is 7. The van der Waals surface area contributed by atoms with Gasteiger partial charge in [0, 0.05) is 18.4 Å². The number of hydrogen-bond acceptors (Lipinski definition) is 3. The fourth-order valence-electron chi connectivity index (χ4n) is 0.620. The molecule has 0 aromatic rings. The standard InChI is InChI=1S/C9H15ClO3/c1-3-9(11)13-6-4-5-12-8(2)7-10/h3,8H,1,4-7H2,2H3. The van der Waals surface area contributed by atoms with E-state index in [1.54, 1.807) is 0 Å². The summed E-state index contributed by atoms with van der Waals surface area (Å²) in [5.74, 6) is 0.0808. The quantitative estimate of drug-likeness (QED) is 0.276. The maximum absolute atomic E-state index is 10.6. The molecule has 0 aliphatic heterocycles. The summed E-state index contributed by atoms with van der Waals surface area (Å²) >= 11 is 5.51. The lowest BCUT2D eigenvalue weighted by atomic mass is 10.4. The minimum atomic E-state index is -0.398. The van der Waals surface area contributed by atoms with Crippen molar-refractivity contribution in [1.29, 1.82) is 0 Å². The molecule has 4 heteroatoms. The van der Waals surface area contributed by atoms with Crippen molar-refractivity contribution in [2.24, 2.45) is 0 Å². The molecule has 0 saturated carbocycles. The molecule has 0 saturated heterocycles. The van der Waals surface area contributed by atoms with E-state index in [1.165, 1.54) is 0 Å². The minimum absolute atomic E-state index is 0.0526. The zero-order valence-electron chi connectivity index (χ0n) is 7.79. The summed E-state index contributed by atoms with van der Waals surface area (Å²) in [4.78, 5) is 10.6. The van der Waals surface area contributed by atoms with E-state index in [9.17, 15) is 4.79 Å². The molecule has 0 bridgehead atoms. The van der Waals surface area contributed by atoms with Gasteiger partial charge in [0.2, 0.25) is 0 Å². The van der Waals surface area contributed by atoms with E-state index in [4.69, 9.17) is 21.1 Å². The molecule has 0 aromatic heterocycles. The Kier molecular flexibility index (Phi) is 7.74. The third-order valence-electron chi connectivity index (χ3n) is 1.32. The van der Waals surface area contributed by atoms with Crippen molar-refractivity contribution in [3.8, 4) is 0 Å². The van der Waals surface area contributed by atoms with Crippen molar-refractivity contribution in [3.05, 3.63) is 12.7 Å². The smallest absolute Gasteiger partial charge is 0.330 e. The highest BCUT2D eigenvalue weighted by Gasteiger charge is 1.99. The Bertz CT molecular complexity index is 159. The Balaban J connectivity index is 3.17. The summed E-state index contributed by atoms with van der Waals surface area (Å²) in [5.41, 5.74) is 0. The number of ether oxygens (including phenoxy) is 2. The molecule has 0 spiro atoms. The van der Waals surface area contributed by atoms with E-state index in [0.717, 1.165) is 6.08 Å². The van der Waals surface area contributed by atoms with Crippen LogP contribution in [0.3, 0.4) is 0 Å². The fraction of sp³-hybridized carbons (Fsp3) is 0.667. The average Bonchev–Trinajstić information content (AvgIpc) is 2.16. The normalized spacial score (nSPS) is 12.2. The van der Waals surface area contributed by atoms with Crippen molar-refractivity contribution in [2.45, 2.75) is 19.4 Å². The lowest BCUT2D eigenvalue weighted by Crippen LogP contribution is -2.12. The third kappa shape index (κ3) is 7.81. The van der Waals surface area contributed by atoms with Gasteiger partial charge in [-0.1, -0.05) is 6.58 Å². The number of alkyl halides is 1. The van der Waals surface area contributed by atoms with Crippen molar-refractivity contribution in [1.82, 2.24) is 0 Å². The van der Waals surface area contributed by atoms with Gasteiger partial charge in [-0.2, -0.15) is 0 Å². The van der Waals surface area contributed by atoms with Crippen LogP contribution in [0.1, 0.15) is 13.3 Å². The molecule has 0 aromatic carbocycles. The van der Waals surface area contributed by atoms with Gasteiger partial charge in [-0.05, 0) is 6.92 Å². The summed E-state index contributed by atoms with van der Waals surface area (Å²) in [6.07, 6.45) is 1.88. The molecule has 3 nitrogen and oxygen atoms in total. The van der Waals surface area contributed by atoms with Crippen LogP contribution < -0.4 is 0 Å². The first kappa shape index (κ1) is 12.5. The second kappa shape index (κ2) is 8.08. The third-order valence-corrected chi connectivity index (χ3v) is 1.75. The predicted molar refractivity (Wildman–Crippen MR) is 51.9 cm³/mol. The zero-order chi connectivity index (χ0) is 10.1. The van der Waals surface area contributed by atoms with Crippen LogP contribution in [-0.4, -0.2) is 31.2 Å². The Hall–Kier alpha value is -0.540. The van der Waals surface area contributed by atoms with Gasteiger partial charge in [-0.3, -0.25) is 0 Å². The van der Waals surface area contributed by atoms with Crippen LogP contribution >= 0.6 is 11.6 Å². The van der Waals surface area contributed by atoms with Crippen molar-refractivity contribution >= 4 is 17.6 Å². The fourth-order valence-corrected chi connectivity index (χ4v) is 0.709. The molecule has 0 rings (SSSR count). The molecule has 1 atom stereocenters. The highest BCUT2D eigenvalue weighted by Crippen LogP contribution is 1.95. The zero-order valence-corrected chi connectivity index (χ0v) is 8.55. The van der Waals surface area contributed by atoms with E-state index < -0.39 is 5.97 Å². The number of esters is 1. The highest BCUT2D eigenvalue weighted by atomic mass is 35.5. The molecule has 0 N–H and O–H groups in total. The summed E-state index contributed by atoms with van der Waals surface area (Å²) in [7, 11) is 0. The van der Waals surface area contributed by atoms with Crippen LogP contribution in [0.4, 0.5) is 0 Å². The van der Waals surface area contributed by atoms with Crippen LogP contribution in [0.25, 0.3) is 0 Å². The molecule has 1 unspecified atom stereocenters. The largest absolute Gasteiger partial charge is 0.462 e. The Labute approximate surface area is 83.7 Å². The molecule has 0 radical (unpaired) electrons. The first-order valence-corrected chi connectivity index (χ1v) is 4.71. The van der Waals surface area contributed by atoms with Crippen molar-refractivity contribution in [3.63, 3.8) is 0 Å². The van der Waals surface area contributed by atoms with Gasteiger partial charge in [0.1, 0.15) is 0 Å². The molecular formula is C9H15ClO3. The van der Waals surface area contributed by atoms with Gasteiger partial charge >= 0.3 is 5.97 Å².